The highest BCUT2D eigenvalue weighted by Gasteiger charge is 2.37. The molecule has 0 N–H and O–H groups in total. The molecule has 8 nitrogen and oxygen atoms in total. The van der Waals surface area contributed by atoms with E-state index >= 15 is 0 Å². The first-order chi connectivity index (χ1) is 11.6. The SMILES string of the molecule is COCCN(C)C(=O)c1cn(C2CN(C(=O)C3CCCC3)C2)nn1. The van der Waals surface area contributed by atoms with E-state index in [1.54, 1.807) is 29.9 Å². The van der Waals surface area contributed by atoms with Crippen LogP contribution in [0.1, 0.15) is 42.2 Å². The van der Waals surface area contributed by atoms with E-state index in [-0.39, 0.29) is 23.8 Å². The quantitative estimate of drug-likeness (QED) is 0.759. The van der Waals surface area contributed by atoms with Gasteiger partial charge in [-0.2, -0.15) is 0 Å². The third-order valence-corrected chi connectivity index (χ3v) is 4.96. The van der Waals surface area contributed by atoms with Gasteiger partial charge in [-0.05, 0) is 12.8 Å². The zero-order valence-corrected chi connectivity index (χ0v) is 14.3. The van der Waals surface area contributed by atoms with Crippen molar-refractivity contribution in [3.05, 3.63) is 11.9 Å². The monoisotopic (exact) mass is 335 g/mol. The standard InChI is InChI=1S/C16H25N5O3/c1-19(7-8-24-2)16(23)14-11-21(18-17-14)13-9-20(10-13)15(22)12-5-3-4-6-12/h11-13H,3-10H2,1-2H3. The number of likely N-dealkylation sites (N-methyl/N-ethyl adjacent to an activating group) is 1. The lowest BCUT2D eigenvalue weighted by Gasteiger charge is -2.40. The number of carbonyl (C=O) groups excluding carboxylic acids is 2. The molecule has 2 aliphatic rings. The van der Waals surface area contributed by atoms with Crippen LogP contribution >= 0.6 is 0 Å². The molecule has 2 fully saturated rings. The Morgan fingerprint density at radius 1 is 1.33 bits per heavy atom. The molecule has 1 saturated carbocycles. The molecule has 0 spiro atoms. The molecule has 1 aromatic heterocycles. The topological polar surface area (TPSA) is 80.6 Å². The second kappa shape index (κ2) is 7.29. The molecule has 0 atom stereocenters. The normalized spacial score (nSPS) is 18.7. The summed E-state index contributed by atoms with van der Waals surface area (Å²) in [4.78, 5) is 28.0. The average molecular weight is 335 g/mol. The minimum Gasteiger partial charge on any atom is -0.383 e. The van der Waals surface area contributed by atoms with Gasteiger partial charge in [0.2, 0.25) is 5.91 Å². The predicted octanol–water partition coefficient (Wildman–Crippen LogP) is 0.570. The van der Waals surface area contributed by atoms with Crippen LogP contribution in [0.25, 0.3) is 0 Å². The summed E-state index contributed by atoms with van der Waals surface area (Å²) in [5.41, 5.74) is 0.328. The number of likely N-dealkylation sites (tertiary alicyclic amines) is 1. The molecule has 0 unspecified atom stereocenters. The average Bonchev–Trinajstić information content (AvgIpc) is 3.21. The summed E-state index contributed by atoms with van der Waals surface area (Å²) in [5.74, 6) is 0.323. The van der Waals surface area contributed by atoms with E-state index in [4.69, 9.17) is 4.74 Å². The van der Waals surface area contributed by atoms with Crippen LogP contribution in [-0.2, 0) is 9.53 Å². The number of ether oxygens (including phenoxy) is 1. The number of aromatic nitrogens is 3. The maximum Gasteiger partial charge on any atom is 0.275 e. The second-order valence-electron chi connectivity index (χ2n) is 6.68. The molecule has 0 bridgehead atoms. The molecule has 2 amide bonds. The maximum absolute atomic E-state index is 12.3. The molecule has 0 radical (unpaired) electrons. The van der Waals surface area contributed by atoms with Crippen molar-refractivity contribution in [2.75, 3.05) is 40.4 Å². The van der Waals surface area contributed by atoms with E-state index in [9.17, 15) is 9.59 Å². The largest absolute Gasteiger partial charge is 0.383 e. The van der Waals surface area contributed by atoms with Crippen molar-refractivity contribution in [2.45, 2.75) is 31.7 Å². The lowest BCUT2D eigenvalue weighted by atomic mass is 10.0. The summed E-state index contributed by atoms with van der Waals surface area (Å²) in [6.45, 7) is 2.31. The third kappa shape index (κ3) is 3.43. The molecule has 132 valence electrons. The van der Waals surface area contributed by atoms with Crippen molar-refractivity contribution in [3.8, 4) is 0 Å². The molecule has 3 rings (SSSR count). The summed E-state index contributed by atoms with van der Waals surface area (Å²) in [6.07, 6.45) is 6.05. The molecule has 24 heavy (non-hydrogen) atoms. The summed E-state index contributed by atoms with van der Waals surface area (Å²) < 4.78 is 6.68. The van der Waals surface area contributed by atoms with Crippen molar-refractivity contribution in [1.29, 1.82) is 0 Å². The Morgan fingerprint density at radius 2 is 2.04 bits per heavy atom. The van der Waals surface area contributed by atoms with Crippen molar-refractivity contribution < 1.29 is 14.3 Å². The van der Waals surface area contributed by atoms with Gasteiger partial charge in [-0.3, -0.25) is 9.59 Å². The Labute approximate surface area is 141 Å². The molecule has 0 aromatic carbocycles. The van der Waals surface area contributed by atoms with Crippen LogP contribution in [0.15, 0.2) is 6.20 Å². The second-order valence-corrected chi connectivity index (χ2v) is 6.68. The van der Waals surface area contributed by atoms with Crippen LogP contribution in [0.2, 0.25) is 0 Å². The number of carbonyl (C=O) groups is 2. The molecule has 1 aliphatic heterocycles. The number of methoxy groups -OCH3 is 1. The first-order valence-corrected chi connectivity index (χ1v) is 8.55. The Hall–Kier alpha value is -1.96. The van der Waals surface area contributed by atoms with Gasteiger partial charge in [0.15, 0.2) is 5.69 Å². The van der Waals surface area contributed by atoms with Crippen LogP contribution in [0.3, 0.4) is 0 Å². The van der Waals surface area contributed by atoms with E-state index in [2.05, 4.69) is 10.3 Å². The molecular formula is C16H25N5O3. The van der Waals surface area contributed by atoms with E-state index in [1.807, 2.05) is 4.90 Å². The zero-order valence-electron chi connectivity index (χ0n) is 14.3. The van der Waals surface area contributed by atoms with E-state index in [1.165, 1.54) is 12.8 Å². The number of hydrogen-bond donors (Lipinski definition) is 0. The van der Waals surface area contributed by atoms with E-state index in [0.717, 1.165) is 12.8 Å². The minimum atomic E-state index is -0.170. The van der Waals surface area contributed by atoms with Crippen LogP contribution < -0.4 is 0 Å². The van der Waals surface area contributed by atoms with Crippen molar-refractivity contribution in [3.63, 3.8) is 0 Å². The zero-order chi connectivity index (χ0) is 17.1. The van der Waals surface area contributed by atoms with Crippen molar-refractivity contribution in [2.24, 2.45) is 5.92 Å². The summed E-state index contributed by atoms with van der Waals surface area (Å²) in [6, 6.07) is 0.119. The van der Waals surface area contributed by atoms with E-state index in [0.29, 0.717) is 31.9 Å². The third-order valence-electron chi connectivity index (χ3n) is 4.96. The Kier molecular flexibility index (Phi) is 5.13. The molecule has 1 saturated heterocycles. The molecule has 1 aliphatic carbocycles. The van der Waals surface area contributed by atoms with Gasteiger partial charge in [0, 0.05) is 39.7 Å². The number of hydrogen-bond acceptors (Lipinski definition) is 5. The smallest absolute Gasteiger partial charge is 0.275 e. The molecule has 8 heteroatoms. The summed E-state index contributed by atoms with van der Waals surface area (Å²) >= 11 is 0. The van der Waals surface area contributed by atoms with Crippen LogP contribution in [-0.4, -0.2) is 77.0 Å². The highest BCUT2D eigenvalue weighted by atomic mass is 16.5. The van der Waals surface area contributed by atoms with Crippen LogP contribution in [0.4, 0.5) is 0 Å². The number of nitrogens with zero attached hydrogens (tertiary/aromatic N) is 5. The minimum absolute atomic E-state index is 0.119. The first kappa shape index (κ1) is 16.9. The fourth-order valence-corrected chi connectivity index (χ4v) is 3.31. The van der Waals surface area contributed by atoms with Gasteiger partial charge in [0.05, 0.1) is 18.8 Å². The molecule has 2 heterocycles. The van der Waals surface area contributed by atoms with Gasteiger partial charge in [0.1, 0.15) is 0 Å². The maximum atomic E-state index is 12.3. The first-order valence-electron chi connectivity index (χ1n) is 8.55. The lowest BCUT2D eigenvalue weighted by Crippen LogP contribution is -2.52. The van der Waals surface area contributed by atoms with Gasteiger partial charge in [-0.25, -0.2) is 4.68 Å². The summed E-state index contributed by atoms with van der Waals surface area (Å²) in [7, 11) is 3.32. The number of amides is 2. The van der Waals surface area contributed by atoms with Crippen molar-refractivity contribution >= 4 is 11.8 Å². The van der Waals surface area contributed by atoms with Crippen molar-refractivity contribution in [1.82, 2.24) is 24.8 Å². The highest BCUT2D eigenvalue weighted by Crippen LogP contribution is 2.30. The Morgan fingerprint density at radius 3 is 2.71 bits per heavy atom. The van der Waals surface area contributed by atoms with E-state index < -0.39 is 0 Å². The molecule has 1 aromatic rings. The Bertz CT molecular complexity index is 590. The lowest BCUT2D eigenvalue weighted by molar-refractivity contribution is -0.141. The van der Waals surface area contributed by atoms with Crippen LogP contribution in [0.5, 0.6) is 0 Å². The fraction of sp³-hybridized carbons (Fsp3) is 0.750. The van der Waals surface area contributed by atoms with Gasteiger partial charge < -0.3 is 14.5 Å². The number of rotatable bonds is 6. The van der Waals surface area contributed by atoms with Gasteiger partial charge in [0.25, 0.3) is 5.91 Å². The van der Waals surface area contributed by atoms with Gasteiger partial charge in [-0.1, -0.05) is 18.1 Å². The van der Waals surface area contributed by atoms with Gasteiger partial charge >= 0.3 is 0 Å². The predicted molar refractivity (Wildman–Crippen MR) is 86.4 cm³/mol. The fourth-order valence-electron chi connectivity index (χ4n) is 3.31. The summed E-state index contributed by atoms with van der Waals surface area (Å²) in [5, 5.41) is 8.04. The van der Waals surface area contributed by atoms with Gasteiger partial charge in [-0.15, -0.1) is 5.10 Å². The highest BCUT2D eigenvalue weighted by molar-refractivity contribution is 5.91. The Balaban J connectivity index is 1.52. The molecular weight excluding hydrogens is 310 g/mol. The van der Waals surface area contributed by atoms with Crippen LogP contribution in [0, 0.1) is 5.92 Å².